The zero-order valence-electron chi connectivity index (χ0n) is 10.3. The maximum atomic E-state index is 11.9. The van der Waals surface area contributed by atoms with Crippen molar-refractivity contribution in [2.24, 2.45) is 0 Å². The molecule has 2 aromatic heterocycles. The number of rotatable bonds is 4. The van der Waals surface area contributed by atoms with Crippen molar-refractivity contribution in [1.29, 1.82) is 0 Å². The van der Waals surface area contributed by atoms with Crippen LogP contribution in [0.5, 0.6) is 0 Å². The van der Waals surface area contributed by atoms with Gasteiger partial charge in [0, 0.05) is 24.5 Å². The first-order valence-electron chi connectivity index (χ1n) is 5.66. The Hall–Kier alpha value is -1.66. The summed E-state index contributed by atoms with van der Waals surface area (Å²) in [5.41, 5.74) is 6.84. The number of nitrogens with two attached hydrogens (primary N) is 1. The summed E-state index contributed by atoms with van der Waals surface area (Å²) in [5, 5.41) is 6.08. The maximum Gasteiger partial charge on any atom is 0.253 e. The molecule has 1 amide bonds. The Morgan fingerprint density at radius 3 is 3.05 bits per heavy atom. The molecule has 2 aromatic rings. The topological polar surface area (TPSA) is 80.9 Å². The lowest BCUT2D eigenvalue weighted by molar-refractivity contribution is 0.0954. The average Bonchev–Trinajstić information content (AvgIpc) is 2.78. The molecule has 5 nitrogen and oxygen atoms in total. The van der Waals surface area contributed by atoms with Crippen LogP contribution in [0.15, 0.2) is 17.6 Å². The van der Waals surface area contributed by atoms with E-state index in [0.29, 0.717) is 18.5 Å². The van der Waals surface area contributed by atoms with E-state index in [9.17, 15) is 4.79 Å². The van der Waals surface area contributed by atoms with Gasteiger partial charge in [0.05, 0.1) is 21.3 Å². The van der Waals surface area contributed by atoms with Gasteiger partial charge in [0.1, 0.15) is 5.82 Å². The van der Waals surface area contributed by atoms with Crippen LogP contribution in [0.2, 0.25) is 5.02 Å². The molecule has 19 heavy (non-hydrogen) atoms. The number of thiazole rings is 1. The number of anilines is 1. The van der Waals surface area contributed by atoms with E-state index in [-0.39, 0.29) is 16.7 Å². The summed E-state index contributed by atoms with van der Waals surface area (Å²) in [6, 6.07) is 1.46. The van der Waals surface area contributed by atoms with E-state index in [0.717, 1.165) is 10.7 Å². The van der Waals surface area contributed by atoms with Crippen LogP contribution in [-0.4, -0.2) is 22.4 Å². The fourth-order valence-corrected chi connectivity index (χ4v) is 2.39. The molecular formula is C12H13ClN4OS. The Balaban J connectivity index is 1.92. The minimum Gasteiger partial charge on any atom is -0.384 e. The Labute approximate surface area is 119 Å². The summed E-state index contributed by atoms with van der Waals surface area (Å²) in [5.74, 6) is 0.00993. The fourth-order valence-electron chi connectivity index (χ4n) is 1.55. The number of nitrogens with zero attached hydrogens (tertiary/aromatic N) is 2. The molecule has 3 N–H and O–H groups in total. The zero-order valence-corrected chi connectivity index (χ0v) is 11.9. The first-order valence-corrected chi connectivity index (χ1v) is 6.92. The van der Waals surface area contributed by atoms with Gasteiger partial charge in [-0.1, -0.05) is 11.6 Å². The van der Waals surface area contributed by atoms with Crippen molar-refractivity contribution < 1.29 is 4.79 Å². The first-order chi connectivity index (χ1) is 9.06. The normalized spacial score (nSPS) is 10.4. The van der Waals surface area contributed by atoms with Gasteiger partial charge in [-0.05, 0) is 13.0 Å². The van der Waals surface area contributed by atoms with Gasteiger partial charge in [0.2, 0.25) is 0 Å². The van der Waals surface area contributed by atoms with E-state index < -0.39 is 0 Å². The van der Waals surface area contributed by atoms with E-state index in [1.54, 1.807) is 11.3 Å². The molecule has 0 aliphatic carbocycles. The van der Waals surface area contributed by atoms with Gasteiger partial charge >= 0.3 is 0 Å². The predicted octanol–water partition coefficient (Wildman–Crippen LogP) is 2.05. The van der Waals surface area contributed by atoms with E-state index in [2.05, 4.69) is 15.3 Å². The average molecular weight is 297 g/mol. The summed E-state index contributed by atoms with van der Waals surface area (Å²) in [6.45, 7) is 2.45. The second-order valence-corrected chi connectivity index (χ2v) is 5.42. The van der Waals surface area contributed by atoms with Crippen molar-refractivity contribution in [3.05, 3.63) is 38.9 Å². The number of amides is 1. The number of carbonyl (C=O) groups excluding carboxylic acids is 1. The number of carbonyl (C=O) groups is 1. The molecule has 0 fully saturated rings. The van der Waals surface area contributed by atoms with Crippen LogP contribution in [0.4, 0.5) is 5.82 Å². The van der Waals surface area contributed by atoms with Gasteiger partial charge in [0.25, 0.3) is 5.91 Å². The number of pyridine rings is 1. The third-order valence-electron chi connectivity index (χ3n) is 2.45. The minimum absolute atomic E-state index is 0.258. The van der Waals surface area contributed by atoms with Gasteiger partial charge in [0.15, 0.2) is 0 Å². The molecular weight excluding hydrogens is 284 g/mol. The van der Waals surface area contributed by atoms with Crippen molar-refractivity contribution >= 4 is 34.7 Å². The van der Waals surface area contributed by atoms with E-state index in [4.69, 9.17) is 17.3 Å². The molecule has 0 saturated carbocycles. The van der Waals surface area contributed by atoms with Crippen LogP contribution in [-0.2, 0) is 6.42 Å². The first kappa shape index (κ1) is 13.8. The van der Waals surface area contributed by atoms with Crippen molar-refractivity contribution in [3.63, 3.8) is 0 Å². The molecule has 100 valence electrons. The Morgan fingerprint density at radius 2 is 2.37 bits per heavy atom. The molecule has 0 saturated heterocycles. The molecule has 7 heteroatoms. The highest BCUT2D eigenvalue weighted by Crippen LogP contribution is 2.16. The van der Waals surface area contributed by atoms with Crippen LogP contribution in [0.3, 0.4) is 0 Å². The molecule has 0 unspecified atom stereocenters. The van der Waals surface area contributed by atoms with Gasteiger partial charge in [-0.3, -0.25) is 4.79 Å². The van der Waals surface area contributed by atoms with Crippen LogP contribution in [0.25, 0.3) is 0 Å². The van der Waals surface area contributed by atoms with Crippen LogP contribution in [0.1, 0.15) is 21.1 Å². The third kappa shape index (κ3) is 3.65. The number of hydrogen-bond donors (Lipinski definition) is 2. The number of nitrogen functional groups attached to an aromatic ring is 1. The number of aromatic nitrogens is 2. The summed E-state index contributed by atoms with van der Waals surface area (Å²) in [4.78, 5) is 20.0. The standard InChI is InChI=1S/C12H13ClN4OS/c1-7-17-8(6-19-7)2-3-15-12(18)9-4-11(14)16-5-10(9)13/h4-6H,2-3H2,1H3,(H2,14,16)(H,15,18). The smallest absolute Gasteiger partial charge is 0.253 e. The number of aryl methyl sites for hydroxylation is 1. The molecule has 0 bridgehead atoms. The quantitative estimate of drug-likeness (QED) is 0.905. The summed E-state index contributed by atoms with van der Waals surface area (Å²) in [7, 11) is 0. The predicted molar refractivity (Wildman–Crippen MR) is 76.5 cm³/mol. The molecule has 0 aliphatic rings. The molecule has 0 atom stereocenters. The molecule has 2 heterocycles. The highest BCUT2D eigenvalue weighted by atomic mass is 35.5. The van der Waals surface area contributed by atoms with Crippen molar-refractivity contribution in [2.75, 3.05) is 12.3 Å². The summed E-state index contributed by atoms with van der Waals surface area (Å²) >= 11 is 7.50. The zero-order chi connectivity index (χ0) is 13.8. The van der Waals surface area contributed by atoms with Crippen molar-refractivity contribution in [3.8, 4) is 0 Å². The highest BCUT2D eigenvalue weighted by Gasteiger charge is 2.11. The summed E-state index contributed by atoms with van der Waals surface area (Å²) in [6.07, 6.45) is 2.06. The minimum atomic E-state index is -0.258. The van der Waals surface area contributed by atoms with Gasteiger partial charge in [-0.25, -0.2) is 9.97 Å². The molecule has 0 aliphatic heterocycles. The summed E-state index contributed by atoms with van der Waals surface area (Å²) < 4.78 is 0. The lowest BCUT2D eigenvalue weighted by Crippen LogP contribution is -2.26. The largest absolute Gasteiger partial charge is 0.384 e. The van der Waals surface area contributed by atoms with Crippen LogP contribution < -0.4 is 11.1 Å². The van der Waals surface area contributed by atoms with E-state index >= 15 is 0 Å². The fraction of sp³-hybridized carbons (Fsp3) is 0.250. The molecule has 0 aromatic carbocycles. The van der Waals surface area contributed by atoms with Crippen molar-refractivity contribution in [2.45, 2.75) is 13.3 Å². The monoisotopic (exact) mass is 296 g/mol. The van der Waals surface area contributed by atoms with Crippen LogP contribution >= 0.6 is 22.9 Å². The number of nitrogens with one attached hydrogen (secondary N) is 1. The molecule has 0 radical (unpaired) electrons. The molecule has 0 spiro atoms. The number of halogens is 1. The van der Waals surface area contributed by atoms with Crippen LogP contribution in [0, 0.1) is 6.92 Å². The lowest BCUT2D eigenvalue weighted by atomic mass is 10.2. The Morgan fingerprint density at radius 1 is 1.58 bits per heavy atom. The second-order valence-electron chi connectivity index (χ2n) is 3.95. The maximum absolute atomic E-state index is 11.9. The SMILES string of the molecule is Cc1nc(CCNC(=O)c2cc(N)ncc2Cl)cs1. The number of hydrogen-bond acceptors (Lipinski definition) is 5. The Kier molecular flexibility index (Phi) is 4.34. The van der Waals surface area contributed by atoms with Gasteiger partial charge in [-0.2, -0.15) is 0 Å². The van der Waals surface area contributed by atoms with E-state index in [1.807, 2.05) is 12.3 Å². The molecule has 2 rings (SSSR count). The second kappa shape index (κ2) is 5.99. The van der Waals surface area contributed by atoms with Gasteiger partial charge in [-0.15, -0.1) is 11.3 Å². The third-order valence-corrected chi connectivity index (χ3v) is 3.58. The lowest BCUT2D eigenvalue weighted by Gasteiger charge is -2.06. The van der Waals surface area contributed by atoms with E-state index in [1.165, 1.54) is 12.3 Å². The van der Waals surface area contributed by atoms with Crippen molar-refractivity contribution in [1.82, 2.24) is 15.3 Å². The highest BCUT2D eigenvalue weighted by molar-refractivity contribution is 7.09. The van der Waals surface area contributed by atoms with Gasteiger partial charge < -0.3 is 11.1 Å². The Bertz CT molecular complexity index is 599.